The van der Waals surface area contributed by atoms with Crippen molar-refractivity contribution in [3.8, 4) is 0 Å². The molecule has 0 bridgehead atoms. The molecule has 1 heterocycles. The summed E-state index contributed by atoms with van der Waals surface area (Å²) in [5.74, 6) is -0.152. The first-order chi connectivity index (χ1) is 11.9. The number of hydrogen-bond acceptors (Lipinski definition) is 3. The van der Waals surface area contributed by atoms with E-state index in [4.69, 9.17) is 0 Å². The second-order valence-corrected chi connectivity index (χ2v) is 8.88. The lowest BCUT2D eigenvalue weighted by molar-refractivity contribution is -0.119. The van der Waals surface area contributed by atoms with Crippen LogP contribution in [0.4, 0.5) is 5.69 Å². The zero-order chi connectivity index (χ0) is 18.4. The number of carbonyl (C=O) groups is 1. The van der Waals surface area contributed by atoms with Gasteiger partial charge in [-0.3, -0.25) is 4.79 Å². The van der Waals surface area contributed by atoms with E-state index in [1.54, 1.807) is 29.4 Å². The van der Waals surface area contributed by atoms with E-state index in [0.717, 1.165) is 38.5 Å². The number of nitrogens with zero attached hydrogens (tertiary/aromatic N) is 1. The van der Waals surface area contributed by atoms with Crippen LogP contribution in [-0.2, 0) is 14.8 Å². The second-order valence-electron chi connectivity index (χ2n) is 6.98. The standard InChI is InChI=1S/C19H30N2O3S/c1-4-9-16(3)19(22)20-17-11-10-15(2)18(14-17)25(23,24)21-12-7-5-6-8-13-21/h10-11,14,16H,4-9,12-13H2,1-3H3,(H,20,22). The second kappa shape index (κ2) is 8.81. The van der Waals surface area contributed by atoms with E-state index in [1.165, 1.54) is 0 Å². The summed E-state index contributed by atoms with van der Waals surface area (Å²) < 4.78 is 27.7. The summed E-state index contributed by atoms with van der Waals surface area (Å²) in [7, 11) is -3.52. The first-order valence-electron chi connectivity index (χ1n) is 9.28. The average Bonchev–Trinajstić information content (AvgIpc) is 2.86. The number of nitrogens with one attached hydrogen (secondary N) is 1. The summed E-state index contributed by atoms with van der Waals surface area (Å²) in [4.78, 5) is 12.5. The summed E-state index contributed by atoms with van der Waals surface area (Å²) in [6.45, 7) is 6.89. The minimum atomic E-state index is -3.52. The average molecular weight is 367 g/mol. The van der Waals surface area contributed by atoms with Gasteiger partial charge in [-0.2, -0.15) is 4.31 Å². The molecule has 1 unspecified atom stereocenters. The monoisotopic (exact) mass is 366 g/mol. The third-order valence-electron chi connectivity index (χ3n) is 4.81. The summed E-state index contributed by atoms with van der Waals surface area (Å²) in [6.07, 6.45) is 5.73. The molecule has 6 heteroatoms. The number of amides is 1. The van der Waals surface area contributed by atoms with Crippen LogP contribution in [0.3, 0.4) is 0 Å². The first kappa shape index (κ1) is 19.9. The topological polar surface area (TPSA) is 66.5 Å². The van der Waals surface area contributed by atoms with Gasteiger partial charge in [0.05, 0.1) is 4.90 Å². The van der Waals surface area contributed by atoms with Gasteiger partial charge in [-0.25, -0.2) is 8.42 Å². The number of rotatable bonds is 6. The molecule has 2 rings (SSSR count). The van der Waals surface area contributed by atoms with Gasteiger partial charge in [0.15, 0.2) is 0 Å². The molecule has 1 amide bonds. The SMILES string of the molecule is CCCC(C)C(=O)Nc1ccc(C)c(S(=O)(=O)N2CCCCCC2)c1. The molecule has 1 N–H and O–H groups in total. The van der Waals surface area contributed by atoms with Crippen molar-refractivity contribution in [3.05, 3.63) is 23.8 Å². The third kappa shape index (κ3) is 5.05. The molecule has 1 aliphatic heterocycles. The van der Waals surface area contributed by atoms with Gasteiger partial charge in [-0.1, -0.05) is 39.2 Å². The molecule has 0 aliphatic carbocycles. The van der Waals surface area contributed by atoms with E-state index in [-0.39, 0.29) is 11.8 Å². The van der Waals surface area contributed by atoms with Crippen LogP contribution in [0.2, 0.25) is 0 Å². The molecule has 0 aromatic heterocycles. The van der Waals surface area contributed by atoms with Crippen molar-refractivity contribution in [2.24, 2.45) is 5.92 Å². The predicted molar refractivity (Wildman–Crippen MR) is 101 cm³/mol. The van der Waals surface area contributed by atoms with Crippen LogP contribution in [-0.4, -0.2) is 31.7 Å². The molecule has 1 fully saturated rings. The smallest absolute Gasteiger partial charge is 0.243 e. The van der Waals surface area contributed by atoms with E-state index in [1.807, 2.05) is 13.8 Å². The number of carbonyl (C=O) groups excluding carboxylic acids is 1. The Kier molecular flexibility index (Phi) is 7.02. The van der Waals surface area contributed by atoms with Crippen LogP contribution in [0.5, 0.6) is 0 Å². The fraction of sp³-hybridized carbons (Fsp3) is 0.632. The molecule has 0 spiro atoms. The quantitative estimate of drug-likeness (QED) is 0.829. The normalized spacial score (nSPS) is 17.7. The van der Waals surface area contributed by atoms with Crippen LogP contribution in [0, 0.1) is 12.8 Å². The molecule has 1 saturated heterocycles. The maximum Gasteiger partial charge on any atom is 0.243 e. The zero-order valence-electron chi connectivity index (χ0n) is 15.5. The van der Waals surface area contributed by atoms with Crippen LogP contribution in [0.15, 0.2) is 23.1 Å². The van der Waals surface area contributed by atoms with E-state index < -0.39 is 10.0 Å². The summed E-state index contributed by atoms with van der Waals surface area (Å²) >= 11 is 0. The van der Waals surface area contributed by atoms with Crippen LogP contribution < -0.4 is 5.32 Å². The van der Waals surface area contributed by atoms with Crippen molar-refractivity contribution in [1.29, 1.82) is 0 Å². The highest BCUT2D eigenvalue weighted by Gasteiger charge is 2.27. The maximum atomic E-state index is 13.0. The van der Waals surface area contributed by atoms with Gasteiger partial charge in [0.25, 0.3) is 0 Å². The van der Waals surface area contributed by atoms with Gasteiger partial charge in [0.2, 0.25) is 15.9 Å². The molecule has 5 nitrogen and oxygen atoms in total. The van der Waals surface area contributed by atoms with Gasteiger partial charge in [0, 0.05) is 24.7 Å². The highest BCUT2D eigenvalue weighted by Crippen LogP contribution is 2.26. The molecule has 25 heavy (non-hydrogen) atoms. The Balaban J connectivity index is 2.24. The van der Waals surface area contributed by atoms with Crippen molar-refractivity contribution < 1.29 is 13.2 Å². The van der Waals surface area contributed by atoms with Crippen molar-refractivity contribution in [2.45, 2.75) is 64.2 Å². The molecule has 0 saturated carbocycles. The van der Waals surface area contributed by atoms with Crippen molar-refractivity contribution in [1.82, 2.24) is 4.31 Å². The van der Waals surface area contributed by atoms with Gasteiger partial charge >= 0.3 is 0 Å². The van der Waals surface area contributed by atoms with Crippen LogP contribution >= 0.6 is 0 Å². The van der Waals surface area contributed by atoms with E-state index in [2.05, 4.69) is 5.32 Å². The van der Waals surface area contributed by atoms with Gasteiger partial charge in [0.1, 0.15) is 0 Å². The number of anilines is 1. The van der Waals surface area contributed by atoms with Crippen LogP contribution in [0.25, 0.3) is 0 Å². The molecule has 1 atom stereocenters. The lowest BCUT2D eigenvalue weighted by Crippen LogP contribution is -2.32. The Bertz CT molecular complexity index is 693. The lowest BCUT2D eigenvalue weighted by atomic mass is 10.1. The summed E-state index contributed by atoms with van der Waals surface area (Å²) in [5.41, 5.74) is 1.26. The number of hydrogen-bond donors (Lipinski definition) is 1. The predicted octanol–water partition coefficient (Wildman–Crippen LogP) is 3.93. The maximum absolute atomic E-state index is 13.0. The molecule has 1 aromatic rings. The fourth-order valence-corrected chi connectivity index (χ4v) is 4.97. The number of aryl methyl sites for hydroxylation is 1. The number of benzene rings is 1. The largest absolute Gasteiger partial charge is 0.326 e. The molecule has 1 aliphatic rings. The molecular weight excluding hydrogens is 336 g/mol. The Hall–Kier alpha value is -1.40. The van der Waals surface area contributed by atoms with Gasteiger partial charge in [-0.05, 0) is 43.9 Å². The Morgan fingerprint density at radius 1 is 1.20 bits per heavy atom. The zero-order valence-corrected chi connectivity index (χ0v) is 16.4. The molecule has 0 radical (unpaired) electrons. The van der Waals surface area contributed by atoms with Crippen molar-refractivity contribution >= 4 is 21.6 Å². The highest BCUT2D eigenvalue weighted by molar-refractivity contribution is 7.89. The third-order valence-corrected chi connectivity index (χ3v) is 6.85. The van der Waals surface area contributed by atoms with E-state index >= 15 is 0 Å². The molecular formula is C19H30N2O3S. The summed E-state index contributed by atoms with van der Waals surface area (Å²) in [6, 6.07) is 5.14. The highest BCUT2D eigenvalue weighted by atomic mass is 32.2. The van der Waals surface area contributed by atoms with Crippen LogP contribution in [0.1, 0.15) is 57.9 Å². The van der Waals surface area contributed by atoms with Crippen molar-refractivity contribution in [3.63, 3.8) is 0 Å². The van der Waals surface area contributed by atoms with Crippen molar-refractivity contribution in [2.75, 3.05) is 18.4 Å². The fourth-order valence-electron chi connectivity index (χ4n) is 3.21. The summed E-state index contributed by atoms with van der Waals surface area (Å²) in [5, 5.41) is 2.86. The van der Waals surface area contributed by atoms with Gasteiger partial charge < -0.3 is 5.32 Å². The lowest BCUT2D eigenvalue weighted by Gasteiger charge is -2.22. The van der Waals surface area contributed by atoms with E-state index in [0.29, 0.717) is 29.2 Å². The Morgan fingerprint density at radius 3 is 2.44 bits per heavy atom. The molecule has 1 aromatic carbocycles. The molecule has 140 valence electrons. The number of sulfonamides is 1. The minimum Gasteiger partial charge on any atom is -0.326 e. The van der Waals surface area contributed by atoms with Gasteiger partial charge in [-0.15, -0.1) is 0 Å². The Morgan fingerprint density at radius 2 is 1.84 bits per heavy atom. The minimum absolute atomic E-state index is 0.0659. The first-order valence-corrected chi connectivity index (χ1v) is 10.7. The van der Waals surface area contributed by atoms with E-state index in [9.17, 15) is 13.2 Å². The Labute approximate surface area is 151 Å².